The SMILES string of the molecule is CC1=CC[C@@H]2C(=O)N(N(CC(=O)c3ccc(Oc4ccc([N+](=O)[O-])cc4)cc3)C(=O)c3ccc(Cl)cc3Cl)C(=O)[C@H]2C1. The van der Waals surface area contributed by atoms with E-state index in [0.717, 1.165) is 15.6 Å². The number of allylic oxidation sites excluding steroid dienone is 2. The number of amides is 3. The molecule has 12 heteroatoms. The van der Waals surface area contributed by atoms with Gasteiger partial charge in [0, 0.05) is 22.7 Å². The van der Waals surface area contributed by atoms with E-state index in [2.05, 4.69) is 0 Å². The first-order chi connectivity index (χ1) is 20.0. The number of imide groups is 1. The fourth-order valence-electron chi connectivity index (χ4n) is 5.00. The average Bonchev–Trinajstić information content (AvgIpc) is 3.20. The molecule has 5 rings (SSSR count). The topological polar surface area (TPSA) is 127 Å². The van der Waals surface area contributed by atoms with Crippen molar-refractivity contribution < 1.29 is 28.8 Å². The molecule has 1 saturated heterocycles. The molecule has 0 N–H and O–H groups in total. The number of nitrogens with zero attached hydrogens (tertiary/aromatic N) is 3. The van der Waals surface area contributed by atoms with E-state index in [1.165, 1.54) is 66.7 Å². The monoisotopic (exact) mass is 607 g/mol. The fraction of sp³-hybridized carbons (Fsp3) is 0.200. The van der Waals surface area contributed by atoms with Gasteiger partial charge in [-0.25, -0.2) is 5.01 Å². The number of nitro groups is 1. The second-order valence-corrected chi connectivity index (χ2v) is 10.8. The highest BCUT2D eigenvalue weighted by atomic mass is 35.5. The number of hydrogen-bond acceptors (Lipinski definition) is 7. The van der Waals surface area contributed by atoms with Gasteiger partial charge in [-0.15, -0.1) is 0 Å². The summed E-state index contributed by atoms with van der Waals surface area (Å²) in [6, 6.07) is 15.7. The van der Waals surface area contributed by atoms with Crippen LogP contribution in [0, 0.1) is 22.0 Å². The highest BCUT2D eigenvalue weighted by Crippen LogP contribution is 2.39. The van der Waals surface area contributed by atoms with E-state index in [0.29, 0.717) is 24.3 Å². The Morgan fingerprint density at radius 2 is 1.60 bits per heavy atom. The molecule has 0 unspecified atom stereocenters. The van der Waals surface area contributed by atoms with Gasteiger partial charge >= 0.3 is 0 Å². The number of carbonyl (C=O) groups is 4. The maximum Gasteiger partial charge on any atom is 0.274 e. The summed E-state index contributed by atoms with van der Waals surface area (Å²) < 4.78 is 5.69. The number of fused-ring (bicyclic) bond motifs is 1. The standard InChI is InChI=1S/C30H23Cl2N3O7/c1-17-2-12-23-25(14-17)30(39)34(29(23)38)33(28(37)24-13-5-19(31)15-26(24)32)16-27(36)18-3-8-21(9-4-18)42-22-10-6-20(7-11-22)35(40)41/h2-11,13,15,23,25H,12,14,16H2,1H3/t23-,25-/m0/s1. The first kappa shape index (κ1) is 29.0. The molecular formula is C30H23Cl2N3O7. The fourth-order valence-corrected chi connectivity index (χ4v) is 5.49. The molecule has 2 atom stereocenters. The van der Waals surface area contributed by atoms with Crippen LogP contribution < -0.4 is 4.74 Å². The quantitative estimate of drug-likeness (QED) is 0.0969. The molecule has 3 aromatic carbocycles. The number of hydrazine groups is 1. The maximum atomic E-state index is 13.7. The first-order valence-corrected chi connectivity index (χ1v) is 13.6. The largest absolute Gasteiger partial charge is 0.457 e. The summed E-state index contributed by atoms with van der Waals surface area (Å²) >= 11 is 12.3. The Hall–Kier alpha value is -4.54. The lowest BCUT2D eigenvalue weighted by Crippen LogP contribution is -2.52. The van der Waals surface area contributed by atoms with Crippen LogP contribution in [0.25, 0.3) is 0 Å². The zero-order valence-electron chi connectivity index (χ0n) is 22.2. The number of Topliss-reactive ketones (excluding diaryl/α,β-unsaturated/α-hetero) is 1. The van der Waals surface area contributed by atoms with Crippen LogP contribution in [0.5, 0.6) is 11.5 Å². The van der Waals surface area contributed by atoms with Gasteiger partial charge in [0.05, 0.1) is 27.3 Å². The molecule has 3 amide bonds. The van der Waals surface area contributed by atoms with Crippen LogP contribution in [0.1, 0.15) is 40.5 Å². The molecule has 0 saturated carbocycles. The van der Waals surface area contributed by atoms with Crippen LogP contribution in [0.4, 0.5) is 5.69 Å². The van der Waals surface area contributed by atoms with Crippen molar-refractivity contribution in [1.82, 2.24) is 10.0 Å². The summed E-state index contributed by atoms with van der Waals surface area (Å²) in [5.41, 5.74) is 1.07. The van der Waals surface area contributed by atoms with E-state index in [1.54, 1.807) is 0 Å². The highest BCUT2D eigenvalue weighted by Gasteiger charge is 2.52. The van der Waals surface area contributed by atoms with Gasteiger partial charge in [0.2, 0.25) is 0 Å². The minimum absolute atomic E-state index is 0.00622. The number of benzene rings is 3. The third-order valence-electron chi connectivity index (χ3n) is 7.19. The number of rotatable bonds is 8. The smallest absolute Gasteiger partial charge is 0.274 e. The molecule has 0 radical (unpaired) electrons. The van der Waals surface area contributed by atoms with E-state index in [-0.39, 0.29) is 26.9 Å². The summed E-state index contributed by atoms with van der Waals surface area (Å²) in [5.74, 6) is -2.96. The van der Waals surface area contributed by atoms with Crippen molar-refractivity contribution in [3.8, 4) is 11.5 Å². The van der Waals surface area contributed by atoms with Crippen LogP contribution in [-0.2, 0) is 9.59 Å². The van der Waals surface area contributed by atoms with Crippen molar-refractivity contribution in [2.24, 2.45) is 11.8 Å². The minimum atomic E-state index is -0.798. The van der Waals surface area contributed by atoms with E-state index < -0.39 is 46.8 Å². The Bertz CT molecular complexity index is 1640. The van der Waals surface area contributed by atoms with Crippen LogP contribution in [-0.4, -0.2) is 45.0 Å². The highest BCUT2D eigenvalue weighted by molar-refractivity contribution is 6.36. The molecule has 2 aliphatic rings. The minimum Gasteiger partial charge on any atom is -0.457 e. The summed E-state index contributed by atoms with van der Waals surface area (Å²) in [5, 5.41) is 12.8. The molecule has 0 bridgehead atoms. The van der Waals surface area contributed by atoms with Crippen molar-refractivity contribution in [3.05, 3.63) is 110 Å². The maximum absolute atomic E-state index is 13.7. The molecule has 1 aliphatic carbocycles. The zero-order chi connectivity index (χ0) is 30.1. The van der Waals surface area contributed by atoms with Gasteiger partial charge in [0.15, 0.2) is 5.78 Å². The molecule has 0 aromatic heterocycles. The Morgan fingerprint density at radius 3 is 2.21 bits per heavy atom. The van der Waals surface area contributed by atoms with Crippen LogP contribution in [0.15, 0.2) is 78.4 Å². The zero-order valence-corrected chi connectivity index (χ0v) is 23.7. The van der Waals surface area contributed by atoms with Gasteiger partial charge < -0.3 is 4.74 Å². The lowest BCUT2D eigenvalue weighted by molar-refractivity contribution is -0.384. The molecule has 1 fully saturated rings. The van der Waals surface area contributed by atoms with Crippen molar-refractivity contribution in [1.29, 1.82) is 0 Å². The normalized spacial score (nSPS) is 17.9. The van der Waals surface area contributed by atoms with Crippen LogP contribution >= 0.6 is 23.2 Å². The molecule has 1 heterocycles. The molecule has 0 spiro atoms. The molecular weight excluding hydrogens is 585 g/mol. The van der Waals surface area contributed by atoms with Gasteiger partial charge in [-0.1, -0.05) is 34.9 Å². The number of carbonyl (C=O) groups excluding carboxylic acids is 4. The van der Waals surface area contributed by atoms with E-state index in [4.69, 9.17) is 27.9 Å². The third kappa shape index (κ3) is 5.77. The van der Waals surface area contributed by atoms with Gasteiger partial charge in [-0.05, 0) is 74.4 Å². The second kappa shape index (κ2) is 11.8. The summed E-state index contributed by atoms with van der Waals surface area (Å²) in [4.78, 5) is 64.4. The molecule has 10 nitrogen and oxygen atoms in total. The number of nitro benzene ring substituents is 1. The molecule has 214 valence electrons. The Morgan fingerprint density at radius 1 is 0.976 bits per heavy atom. The summed E-state index contributed by atoms with van der Waals surface area (Å²) in [7, 11) is 0. The molecule has 42 heavy (non-hydrogen) atoms. The van der Waals surface area contributed by atoms with Gasteiger partial charge in [0.25, 0.3) is 23.4 Å². The Labute approximate surface area is 250 Å². The number of non-ortho nitro benzene ring substituents is 1. The molecule has 1 aliphatic heterocycles. The Balaban J connectivity index is 1.39. The summed E-state index contributed by atoms with van der Waals surface area (Å²) in [6.45, 7) is 1.27. The van der Waals surface area contributed by atoms with Crippen molar-refractivity contribution >= 4 is 52.4 Å². The summed E-state index contributed by atoms with van der Waals surface area (Å²) in [6.07, 6.45) is 2.66. The first-order valence-electron chi connectivity index (χ1n) is 12.9. The van der Waals surface area contributed by atoms with Gasteiger partial charge in [0.1, 0.15) is 18.0 Å². The average molecular weight is 608 g/mol. The number of ketones is 1. The van der Waals surface area contributed by atoms with E-state index >= 15 is 0 Å². The lowest BCUT2D eigenvalue weighted by atomic mass is 9.82. The van der Waals surface area contributed by atoms with Crippen LogP contribution in [0.2, 0.25) is 10.0 Å². The predicted octanol–water partition coefficient (Wildman–Crippen LogP) is 6.28. The van der Waals surface area contributed by atoms with Crippen LogP contribution in [0.3, 0.4) is 0 Å². The van der Waals surface area contributed by atoms with Crippen molar-refractivity contribution in [2.75, 3.05) is 6.54 Å². The van der Waals surface area contributed by atoms with Gasteiger partial charge in [-0.2, -0.15) is 5.01 Å². The number of hydrogen-bond donors (Lipinski definition) is 0. The lowest BCUT2D eigenvalue weighted by Gasteiger charge is -2.30. The van der Waals surface area contributed by atoms with E-state index in [9.17, 15) is 29.3 Å². The molecule has 3 aromatic rings. The predicted molar refractivity (Wildman–Crippen MR) is 153 cm³/mol. The number of ether oxygens (including phenoxy) is 1. The van der Waals surface area contributed by atoms with Gasteiger partial charge in [-0.3, -0.25) is 29.3 Å². The number of halogens is 2. The Kier molecular flexibility index (Phi) is 8.11. The van der Waals surface area contributed by atoms with Crippen molar-refractivity contribution in [3.63, 3.8) is 0 Å². The second-order valence-electron chi connectivity index (χ2n) is 9.98. The van der Waals surface area contributed by atoms with Crippen molar-refractivity contribution in [2.45, 2.75) is 19.8 Å². The van der Waals surface area contributed by atoms with E-state index in [1.807, 2.05) is 13.0 Å². The third-order valence-corrected chi connectivity index (χ3v) is 7.74.